The van der Waals surface area contributed by atoms with Gasteiger partial charge in [0.15, 0.2) is 14.6 Å². The Kier molecular flexibility index (Phi) is 3.40. The lowest BCUT2D eigenvalue weighted by Crippen LogP contribution is -2.68. The molecule has 1 saturated heterocycles. The molecule has 1 aliphatic carbocycles. The van der Waals surface area contributed by atoms with Crippen LogP contribution in [-0.4, -0.2) is 36.4 Å². The van der Waals surface area contributed by atoms with Crippen molar-refractivity contribution in [2.45, 2.75) is 30.1 Å². The van der Waals surface area contributed by atoms with Crippen LogP contribution in [0.1, 0.15) is 25.5 Å². The molecular weight excluding hydrogens is 326 g/mol. The van der Waals surface area contributed by atoms with Gasteiger partial charge in [-0.2, -0.15) is 0 Å². The molecule has 0 spiro atoms. The predicted octanol–water partition coefficient (Wildman–Crippen LogP) is 1.13. The van der Waals surface area contributed by atoms with Crippen molar-refractivity contribution in [3.05, 3.63) is 23.6 Å². The second-order valence-electron chi connectivity index (χ2n) is 6.46. The predicted molar refractivity (Wildman–Crippen MR) is 82.0 cm³/mol. The lowest BCUT2D eigenvalue weighted by Gasteiger charge is -2.44. The fourth-order valence-electron chi connectivity index (χ4n) is 3.32. The third-order valence-corrected chi connectivity index (χ3v) is 7.40. The second-order valence-corrected chi connectivity index (χ2v) is 8.70. The lowest BCUT2D eigenvalue weighted by molar-refractivity contribution is 0.353. The summed E-state index contributed by atoms with van der Waals surface area (Å²) >= 11 is 0. The van der Waals surface area contributed by atoms with Gasteiger partial charge in [0.1, 0.15) is 29.8 Å². The number of aromatic nitrogens is 1. The maximum absolute atomic E-state index is 14.1. The van der Waals surface area contributed by atoms with E-state index < -0.39 is 50.1 Å². The molecule has 0 bridgehead atoms. The zero-order valence-electron chi connectivity index (χ0n) is 12.6. The molecule has 1 aromatic rings. The van der Waals surface area contributed by atoms with E-state index in [2.05, 4.69) is 10.3 Å². The highest BCUT2D eigenvalue weighted by Crippen LogP contribution is 2.49. The molecule has 2 aliphatic rings. The van der Waals surface area contributed by atoms with Gasteiger partial charge >= 0.3 is 0 Å². The van der Waals surface area contributed by atoms with Crippen LogP contribution in [0.5, 0.6) is 0 Å². The summed E-state index contributed by atoms with van der Waals surface area (Å²) in [4.78, 5) is 3.89. The third kappa shape index (κ3) is 2.20. The SMILES string of the molecule is C[C@@]1(c2nc(N)ccc2F)CS(=O)(=O)[C@@](CF)(C2CC2)C(=N)N1. The number of amidine groups is 1. The van der Waals surface area contributed by atoms with Crippen molar-refractivity contribution in [1.29, 1.82) is 5.41 Å². The summed E-state index contributed by atoms with van der Waals surface area (Å²) < 4.78 is 51.6. The van der Waals surface area contributed by atoms with Crippen molar-refractivity contribution in [1.82, 2.24) is 10.3 Å². The number of pyridine rings is 1. The van der Waals surface area contributed by atoms with Gasteiger partial charge in [0.2, 0.25) is 0 Å². The van der Waals surface area contributed by atoms with E-state index in [1.54, 1.807) is 0 Å². The average Bonchev–Trinajstić information content (AvgIpc) is 3.25. The maximum atomic E-state index is 14.1. The minimum Gasteiger partial charge on any atom is -0.384 e. The van der Waals surface area contributed by atoms with E-state index in [4.69, 9.17) is 11.1 Å². The van der Waals surface area contributed by atoms with Crippen LogP contribution in [-0.2, 0) is 15.4 Å². The Morgan fingerprint density at radius 3 is 2.65 bits per heavy atom. The number of nitrogens with one attached hydrogen (secondary N) is 2. The van der Waals surface area contributed by atoms with Crippen LogP contribution in [0.4, 0.5) is 14.6 Å². The summed E-state index contributed by atoms with van der Waals surface area (Å²) in [6.07, 6.45) is 1.13. The van der Waals surface area contributed by atoms with Crippen molar-refractivity contribution in [2.75, 3.05) is 18.2 Å². The highest BCUT2D eigenvalue weighted by atomic mass is 32.2. The number of sulfone groups is 1. The first-order valence-electron chi connectivity index (χ1n) is 7.24. The van der Waals surface area contributed by atoms with Crippen molar-refractivity contribution in [3.8, 4) is 0 Å². The van der Waals surface area contributed by atoms with E-state index in [0.29, 0.717) is 12.8 Å². The Bertz CT molecular complexity index is 781. The van der Waals surface area contributed by atoms with E-state index >= 15 is 0 Å². The summed E-state index contributed by atoms with van der Waals surface area (Å²) in [6, 6.07) is 2.36. The fourth-order valence-corrected chi connectivity index (χ4v) is 5.82. The Morgan fingerprint density at radius 1 is 1.48 bits per heavy atom. The summed E-state index contributed by atoms with van der Waals surface area (Å²) in [7, 11) is -4.02. The Morgan fingerprint density at radius 2 is 2.13 bits per heavy atom. The zero-order chi connectivity index (χ0) is 17.0. The summed E-state index contributed by atoms with van der Waals surface area (Å²) in [5.74, 6) is -2.06. The topological polar surface area (TPSA) is 109 Å². The number of anilines is 1. The number of nitrogens with zero attached hydrogens (tertiary/aromatic N) is 1. The van der Waals surface area contributed by atoms with Crippen LogP contribution in [0, 0.1) is 17.1 Å². The summed E-state index contributed by atoms with van der Waals surface area (Å²) in [5, 5.41) is 10.8. The van der Waals surface area contributed by atoms with Gasteiger partial charge in [0.05, 0.1) is 11.3 Å². The molecule has 1 aromatic heterocycles. The van der Waals surface area contributed by atoms with Crippen LogP contribution in [0.15, 0.2) is 12.1 Å². The van der Waals surface area contributed by atoms with E-state index in [0.717, 1.165) is 6.07 Å². The van der Waals surface area contributed by atoms with Crippen LogP contribution in [0.3, 0.4) is 0 Å². The molecule has 1 saturated carbocycles. The number of nitrogens with two attached hydrogens (primary N) is 1. The fraction of sp³-hybridized carbons (Fsp3) is 0.571. The summed E-state index contributed by atoms with van der Waals surface area (Å²) in [5.41, 5.74) is 3.91. The first-order valence-corrected chi connectivity index (χ1v) is 8.89. The monoisotopic (exact) mass is 344 g/mol. The van der Waals surface area contributed by atoms with Crippen molar-refractivity contribution < 1.29 is 17.2 Å². The number of hydrogen-bond donors (Lipinski definition) is 3. The van der Waals surface area contributed by atoms with Gasteiger partial charge in [-0.05, 0) is 37.8 Å². The normalized spacial score (nSPS) is 33.3. The highest BCUT2D eigenvalue weighted by molar-refractivity contribution is 7.93. The smallest absolute Gasteiger partial charge is 0.168 e. The number of hydrogen-bond acceptors (Lipinski definition) is 5. The molecule has 0 unspecified atom stereocenters. The molecule has 0 aromatic carbocycles. The van der Waals surface area contributed by atoms with Gasteiger partial charge in [-0.15, -0.1) is 0 Å². The van der Waals surface area contributed by atoms with E-state index in [9.17, 15) is 17.2 Å². The molecule has 9 heteroatoms. The van der Waals surface area contributed by atoms with Gasteiger partial charge in [0, 0.05) is 0 Å². The standard InChI is InChI=1S/C14H18F2N4O2S/c1-13(11-9(16)4-5-10(17)19-11)7-23(21,22)14(6-15,8-2-3-8)12(18)20-13/h4-5,8H,2-3,6-7H2,1H3,(H2,17,19)(H2,18,20)/t13-,14-/m0/s1. The van der Waals surface area contributed by atoms with Crippen molar-refractivity contribution in [2.24, 2.45) is 5.92 Å². The maximum Gasteiger partial charge on any atom is 0.168 e. The third-order valence-electron chi connectivity index (χ3n) is 4.68. The van der Waals surface area contributed by atoms with E-state index in [1.165, 1.54) is 13.0 Å². The minimum atomic E-state index is -4.02. The van der Waals surface area contributed by atoms with Gasteiger partial charge in [-0.1, -0.05) is 0 Å². The Hall–Kier alpha value is -1.77. The second kappa shape index (κ2) is 4.86. The van der Waals surface area contributed by atoms with E-state index in [1.807, 2.05) is 0 Å². The van der Waals surface area contributed by atoms with Crippen LogP contribution in [0.25, 0.3) is 0 Å². The van der Waals surface area contributed by atoms with Gasteiger partial charge in [0.25, 0.3) is 0 Å². The first-order chi connectivity index (χ1) is 10.7. The molecule has 0 radical (unpaired) electrons. The molecular formula is C14H18F2N4O2S. The Balaban J connectivity index is 2.10. The summed E-state index contributed by atoms with van der Waals surface area (Å²) in [6.45, 7) is 0.272. The van der Waals surface area contributed by atoms with E-state index in [-0.39, 0.29) is 11.5 Å². The Labute approximate surface area is 132 Å². The van der Waals surface area contributed by atoms with Crippen molar-refractivity contribution in [3.63, 3.8) is 0 Å². The zero-order valence-corrected chi connectivity index (χ0v) is 13.4. The number of alkyl halides is 1. The van der Waals surface area contributed by atoms with Gasteiger partial charge < -0.3 is 11.1 Å². The first kappa shape index (κ1) is 16.1. The average molecular weight is 344 g/mol. The number of rotatable bonds is 3. The molecule has 126 valence electrons. The van der Waals surface area contributed by atoms with Crippen LogP contribution < -0.4 is 11.1 Å². The van der Waals surface area contributed by atoms with Crippen molar-refractivity contribution >= 4 is 21.5 Å². The molecule has 6 nitrogen and oxygen atoms in total. The quantitative estimate of drug-likeness (QED) is 0.762. The number of nitrogen functional groups attached to an aromatic ring is 1. The van der Waals surface area contributed by atoms with Gasteiger partial charge in [-0.25, -0.2) is 22.2 Å². The molecule has 0 amide bonds. The molecule has 2 atom stereocenters. The molecule has 4 N–H and O–H groups in total. The van der Waals surface area contributed by atoms with Crippen LogP contribution in [0.2, 0.25) is 0 Å². The van der Waals surface area contributed by atoms with Crippen LogP contribution >= 0.6 is 0 Å². The molecule has 3 rings (SSSR count). The molecule has 1 aliphatic heterocycles. The molecule has 2 fully saturated rings. The highest BCUT2D eigenvalue weighted by Gasteiger charge is 2.63. The molecule has 23 heavy (non-hydrogen) atoms. The largest absolute Gasteiger partial charge is 0.384 e. The lowest BCUT2D eigenvalue weighted by atomic mass is 9.94. The van der Waals surface area contributed by atoms with Gasteiger partial charge in [-0.3, -0.25) is 5.41 Å². The number of halogens is 2. The minimum absolute atomic E-state index is 0.0397. The molecule has 2 heterocycles.